The smallest absolute Gasteiger partial charge is 0.238 e. The van der Waals surface area contributed by atoms with Gasteiger partial charge in [-0.15, -0.1) is 0 Å². The van der Waals surface area contributed by atoms with Gasteiger partial charge in [0.2, 0.25) is 5.95 Å². The fourth-order valence-corrected chi connectivity index (χ4v) is 8.67. The Morgan fingerprint density at radius 3 is 1.50 bits per heavy atom. The lowest BCUT2D eigenvalue weighted by molar-refractivity contribution is 0.770. The molecular weight excluding hydrogens is 685 g/mol. The van der Waals surface area contributed by atoms with E-state index in [2.05, 4.69) is 130 Å². The Labute approximate surface area is 323 Å². The summed E-state index contributed by atoms with van der Waals surface area (Å²) in [5, 5.41) is 2.13. The molecule has 6 heteroatoms. The van der Waals surface area contributed by atoms with Gasteiger partial charge in [0.25, 0.3) is 0 Å². The van der Waals surface area contributed by atoms with Crippen molar-refractivity contribution in [2.45, 2.75) is 5.41 Å². The number of fused-ring (bicyclic) bond motifs is 6. The zero-order chi connectivity index (χ0) is 37.1. The molecule has 3 heterocycles. The van der Waals surface area contributed by atoms with E-state index in [1.807, 2.05) is 66.7 Å². The SMILES string of the molecule is c1ccc(-c2nc(-c3ccccc3)nc(-n3c4ccc(-c5ncccn5)cc4c4cc(C5(c6ccccc6)c6ccccc6-c6ccccc65)ccc43)n2)cc1. The van der Waals surface area contributed by atoms with Gasteiger partial charge >= 0.3 is 0 Å². The molecular formula is C50H32N6. The highest BCUT2D eigenvalue weighted by Crippen LogP contribution is 2.56. The Morgan fingerprint density at radius 2 is 0.893 bits per heavy atom. The van der Waals surface area contributed by atoms with E-state index in [-0.39, 0.29) is 0 Å². The van der Waals surface area contributed by atoms with Crippen LogP contribution in [0.15, 0.2) is 194 Å². The Hall–Kier alpha value is -7.57. The number of hydrogen-bond acceptors (Lipinski definition) is 5. The maximum atomic E-state index is 5.19. The average molecular weight is 717 g/mol. The predicted octanol–water partition coefficient (Wildman–Crippen LogP) is 11.1. The molecule has 0 atom stereocenters. The monoisotopic (exact) mass is 716 g/mol. The number of hydrogen-bond donors (Lipinski definition) is 0. The van der Waals surface area contributed by atoms with E-state index >= 15 is 0 Å². The molecule has 0 fully saturated rings. The summed E-state index contributed by atoms with van der Waals surface area (Å²) in [5.74, 6) is 2.43. The first-order chi connectivity index (χ1) is 27.8. The highest BCUT2D eigenvalue weighted by molar-refractivity contribution is 6.10. The first-order valence-corrected chi connectivity index (χ1v) is 18.8. The minimum absolute atomic E-state index is 0.545. The predicted molar refractivity (Wildman–Crippen MR) is 223 cm³/mol. The topological polar surface area (TPSA) is 69.4 Å². The summed E-state index contributed by atoms with van der Waals surface area (Å²) in [6, 6.07) is 64.0. The van der Waals surface area contributed by atoms with Gasteiger partial charge in [0.05, 0.1) is 16.4 Å². The van der Waals surface area contributed by atoms with Crippen molar-refractivity contribution in [3.63, 3.8) is 0 Å². The summed E-state index contributed by atoms with van der Waals surface area (Å²) in [7, 11) is 0. The fraction of sp³-hybridized carbons (Fsp3) is 0.0200. The molecule has 0 N–H and O–H groups in total. The lowest BCUT2D eigenvalue weighted by Gasteiger charge is -2.34. The zero-order valence-electron chi connectivity index (χ0n) is 30.2. The van der Waals surface area contributed by atoms with Crippen molar-refractivity contribution >= 4 is 21.8 Å². The van der Waals surface area contributed by atoms with Crippen molar-refractivity contribution < 1.29 is 0 Å². The third kappa shape index (κ3) is 4.86. The Kier molecular flexibility index (Phi) is 7.29. The van der Waals surface area contributed by atoms with Crippen molar-refractivity contribution in [3.8, 4) is 51.2 Å². The van der Waals surface area contributed by atoms with Crippen molar-refractivity contribution in [3.05, 3.63) is 217 Å². The summed E-state index contributed by atoms with van der Waals surface area (Å²) in [5.41, 5.74) is 11.6. The Morgan fingerprint density at radius 1 is 0.375 bits per heavy atom. The first kappa shape index (κ1) is 31.9. The van der Waals surface area contributed by atoms with Gasteiger partial charge in [0, 0.05) is 39.9 Å². The highest BCUT2D eigenvalue weighted by Gasteiger charge is 2.46. The molecule has 0 unspecified atom stereocenters. The molecule has 1 aliphatic rings. The molecule has 11 rings (SSSR count). The lowest BCUT2D eigenvalue weighted by atomic mass is 9.67. The molecule has 262 valence electrons. The fourth-order valence-electron chi connectivity index (χ4n) is 8.67. The van der Waals surface area contributed by atoms with Crippen molar-refractivity contribution in [1.82, 2.24) is 29.5 Å². The van der Waals surface area contributed by atoms with Gasteiger partial charge < -0.3 is 0 Å². The number of aromatic nitrogens is 6. The number of benzene rings is 7. The maximum absolute atomic E-state index is 5.19. The minimum atomic E-state index is -0.550. The van der Waals surface area contributed by atoms with E-state index in [0.29, 0.717) is 23.4 Å². The van der Waals surface area contributed by atoms with E-state index in [1.165, 1.54) is 33.4 Å². The molecule has 0 bridgehead atoms. The van der Waals surface area contributed by atoms with Crippen LogP contribution in [-0.2, 0) is 5.41 Å². The average Bonchev–Trinajstić information content (AvgIpc) is 3.77. The summed E-state index contributed by atoms with van der Waals surface area (Å²) < 4.78 is 2.18. The van der Waals surface area contributed by atoms with Crippen LogP contribution in [0.25, 0.3) is 73.0 Å². The van der Waals surface area contributed by atoms with Gasteiger partial charge in [-0.2, -0.15) is 9.97 Å². The van der Waals surface area contributed by atoms with Crippen LogP contribution in [0.5, 0.6) is 0 Å². The second kappa shape index (κ2) is 12.8. The molecule has 7 aromatic carbocycles. The zero-order valence-corrected chi connectivity index (χ0v) is 30.2. The largest absolute Gasteiger partial charge is 0.278 e. The van der Waals surface area contributed by atoms with Crippen LogP contribution < -0.4 is 0 Å². The Bertz CT molecular complexity index is 2970. The molecule has 6 nitrogen and oxygen atoms in total. The van der Waals surface area contributed by atoms with Gasteiger partial charge in [-0.05, 0) is 69.8 Å². The van der Waals surface area contributed by atoms with Crippen molar-refractivity contribution in [2.24, 2.45) is 0 Å². The summed E-state index contributed by atoms with van der Waals surface area (Å²) in [6.45, 7) is 0. The van der Waals surface area contributed by atoms with Gasteiger partial charge in [-0.3, -0.25) is 4.57 Å². The molecule has 0 spiro atoms. The summed E-state index contributed by atoms with van der Waals surface area (Å²) >= 11 is 0. The van der Waals surface area contributed by atoms with Crippen molar-refractivity contribution in [2.75, 3.05) is 0 Å². The molecule has 0 saturated carbocycles. The second-order valence-corrected chi connectivity index (χ2v) is 14.1. The van der Waals surface area contributed by atoms with Crippen LogP contribution in [0.1, 0.15) is 22.3 Å². The normalized spacial score (nSPS) is 12.8. The Balaban J connectivity index is 1.23. The van der Waals surface area contributed by atoms with E-state index in [0.717, 1.165) is 38.5 Å². The second-order valence-electron chi connectivity index (χ2n) is 14.1. The van der Waals surface area contributed by atoms with Crippen molar-refractivity contribution in [1.29, 1.82) is 0 Å². The summed E-state index contributed by atoms with van der Waals surface area (Å²) in [4.78, 5) is 24.6. The molecule has 3 aromatic heterocycles. The summed E-state index contributed by atoms with van der Waals surface area (Å²) in [6.07, 6.45) is 3.57. The van der Waals surface area contributed by atoms with Crippen LogP contribution in [0.4, 0.5) is 0 Å². The van der Waals surface area contributed by atoms with E-state index in [9.17, 15) is 0 Å². The first-order valence-electron chi connectivity index (χ1n) is 18.8. The van der Waals surface area contributed by atoms with Gasteiger partial charge in [-0.25, -0.2) is 15.0 Å². The van der Waals surface area contributed by atoms with Crippen LogP contribution >= 0.6 is 0 Å². The van der Waals surface area contributed by atoms with E-state index in [4.69, 9.17) is 15.0 Å². The van der Waals surface area contributed by atoms with Gasteiger partial charge in [0.1, 0.15) is 0 Å². The molecule has 56 heavy (non-hydrogen) atoms. The number of nitrogens with zero attached hydrogens (tertiary/aromatic N) is 6. The molecule has 10 aromatic rings. The molecule has 0 radical (unpaired) electrons. The van der Waals surface area contributed by atoms with Gasteiger partial charge in [-0.1, -0.05) is 146 Å². The lowest BCUT2D eigenvalue weighted by Crippen LogP contribution is -2.28. The van der Waals surface area contributed by atoms with E-state index in [1.54, 1.807) is 12.4 Å². The van der Waals surface area contributed by atoms with Crippen LogP contribution in [0, 0.1) is 0 Å². The van der Waals surface area contributed by atoms with Crippen LogP contribution in [-0.4, -0.2) is 29.5 Å². The third-order valence-electron chi connectivity index (χ3n) is 11.1. The molecule has 0 aliphatic heterocycles. The quantitative estimate of drug-likeness (QED) is 0.171. The molecule has 0 amide bonds. The van der Waals surface area contributed by atoms with Crippen LogP contribution in [0.2, 0.25) is 0 Å². The van der Waals surface area contributed by atoms with Gasteiger partial charge in [0.15, 0.2) is 17.5 Å². The number of rotatable bonds is 6. The third-order valence-corrected chi connectivity index (χ3v) is 11.1. The maximum Gasteiger partial charge on any atom is 0.238 e. The van der Waals surface area contributed by atoms with E-state index < -0.39 is 5.41 Å². The molecule has 0 saturated heterocycles. The minimum Gasteiger partial charge on any atom is -0.278 e. The molecule has 1 aliphatic carbocycles. The van der Waals surface area contributed by atoms with Crippen LogP contribution in [0.3, 0.4) is 0 Å². The standard InChI is InChI=1S/C50H32N6/c1-4-15-33(16-5-1)47-53-48(34-17-6-2-7-18-34)55-49(54-47)56-44-27-25-35(46-51-29-14-30-52-46)31-40(44)41-32-37(26-28-45(41)56)50(36-19-8-3-9-20-36)42-23-12-10-21-38(42)39-22-11-13-24-43(39)50/h1-32H. The highest BCUT2D eigenvalue weighted by atomic mass is 15.2.